The molecule has 0 radical (unpaired) electrons. The zero-order valence-corrected chi connectivity index (χ0v) is 33.6. The number of hydrogen-bond acceptors (Lipinski definition) is 10. The van der Waals surface area contributed by atoms with Gasteiger partial charge in [0.2, 0.25) is 6.29 Å². The minimum absolute atomic E-state index is 0.207. The molecule has 0 saturated carbocycles. The SMILES string of the molecule is c1ccc(O[C@@H]2O[C@@H]3COC(c4ccccc4)O[C@H]3[C@H](OP3O[C@H](c4ccccc4)[C@H](c4ccccc4)O3)[C@H]2OP2O[C@H](c3ccccc3)[C@H](c3ccccc3)O2)cc1. The molecule has 4 fully saturated rings. The van der Waals surface area contributed by atoms with E-state index in [1.165, 1.54) is 0 Å². The Morgan fingerprint density at radius 2 is 0.780 bits per heavy atom. The zero-order chi connectivity index (χ0) is 39.4. The fourth-order valence-corrected chi connectivity index (χ4v) is 10.6. The van der Waals surface area contributed by atoms with Crippen LogP contribution in [0.15, 0.2) is 182 Å². The van der Waals surface area contributed by atoms with Crippen LogP contribution in [-0.2, 0) is 41.4 Å². The highest BCUT2D eigenvalue weighted by molar-refractivity contribution is 7.42. The van der Waals surface area contributed by atoms with Gasteiger partial charge in [-0.3, -0.25) is 4.52 Å². The average molecular weight is 829 g/mol. The molecule has 0 aromatic heterocycles. The first-order valence-corrected chi connectivity index (χ1v) is 21.9. The van der Waals surface area contributed by atoms with E-state index in [2.05, 4.69) is 0 Å². The predicted molar refractivity (Wildman–Crippen MR) is 220 cm³/mol. The number of rotatable bonds is 11. The van der Waals surface area contributed by atoms with Crippen molar-refractivity contribution in [1.82, 2.24) is 0 Å². The number of fused-ring (bicyclic) bond motifs is 1. The van der Waals surface area contributed by atoms with Crippen LogP contribution in [-0.4, -0.2) is 37.3 Å². The molecule has 10 nitrogen and oxygen atoms in total. The summed E-state index contributed by atoms with van der Waals surface area (Å²) in [5.74, 6) is 0.584. The van der Waals surface area contributed by atoms with Crippen molar-refractivity contribution in [3.8, 4) is 5.75 Å². The van der Waals surface area contributed by atoms with E-state index in [4.69, 9.17) is 46.1 Å². The highest BCUT2D eigenvalue weighted by Crippen LogP contribution is 2.64. The van der Waals surface area contributed by atoms with E-state index in [9.17, 15) is 0 Å². The fraction of sp³-hybridized carbons (Fsp3) is 0.234. The lowest BCUT2D eigenvalue weighted by Crippen LogP contribution is -2.63. The van der Waals surface area contributed by atoms with Crippen LogP contribution in [0.5, 0.6) is 5.75 Å². The second-order valence-corrected chi connectivity index (χ2v) is 16.6. The second-order valence-electron chi connectivity index (χ2n) is 14.5. The molecule has 0 N–H and O–H groups in total. The van der Waals surface area contributed by atoms with Crippen LogP contribution in [0.1, 0.15) is 58.5 Å². The predicted octanol–water partition coefficient (Wildman–Crippen LogP) is 11.2. The van der Waals surface area contributed by atoms with E-state index < -0.39 is 78.6 Å². The molecule has 4 heterocycles. The van der Waals surface area contributed by atoms with Crippen LogP contribution in [0.25, 0.3) is 0 Å². The molecule has 300 valence electrons. The first-order chi connectivity index (χ1) is 29.2. The fourth-order valence-electron chi connectivity index (χ4n) is 7.74. The van der Waals surface area contributed by atoms with Crippen LogP contribution in [0.2, 0.25) is 0 Å². The van der Waals surface area contributed by atoms with Crippen molar-refractivity contribution in [2.24, 2.45) is 0 Å². The molecule has 0 spiro atoms. The number of para-hydroxylation sites is 1. The lowest BCUT2D eigenvalue weighted by Gasteiger charge is -2.48. The Balaban J connectivity index is 1.01. The van der Waals surface area contributed by atoms with Crippen molar-refractivity contribution in [2.75, 3.05) is 6.61 Å². The van der Waals surface area contributed by atoms with E-state index in [0.29, 0.717) is 5.75 Å². The summed E-state index contributed by atoms with van der Waals surface area (Å²) in [6.45, 7) is 0.207. The molecule has 3 unspecified atom stereocenters. The van der Waals surface area contributed by atoms with Crippen molar-refractivity contribution in [2.45, 2.75) is 61.4 Å². The third kappa shape index (κ3) is 8.64. The van der Waals surface area contributed by atoms with Gasteiger partial charge in [-0.2, -0.15) is 0 Å². The number of ether oxygens (including phenoxy) is 4. The average Bonchev–Trinajstić information content (AvgIpc) is 3.94. The van der Waals surface area contributed by atoms with E-state index in [-0.39, 0.29) is 6.61 Å². The molecule has 4 aliphatic rings. The van der Waals surface area contributed by atoms with Gasteiger partial charge < -0.3 is 41.6 Å². The molecule has 0 amide bonds. The van der Waals surface area contributed by atoms with E-state index in [1.807, 2.05) is 182 Å². The maximum atomic E-state index is 7.08. The minimum Gasteiger partial charge on any atom is -0.462 e. The minimum atomic E-state index is -2.01. The Bertz CT molecular complexity index is 2120. The summed E-state index contributed by atoms with van der Waals surface area (Å²) in [4.78, 5) is 0. The lowest BCUT2D eigenvalue weighted by molar-refractivity contribution is -0.344. The molecule has 4 saturated heterocycles. The van der Waals surface area contributed by atoms with Crippen molar-refractivity contribution >= 4 is 17.2 Å². The van der Waals surface area contributed by atoms with E-state index in [1.54, 1.807) is 0 Å². The van der Waals surface area contributed by atoms with Gasteiger partial charge >= 0.3 is 17.2 Å². The van der Waals surface area contributed by atoms with Crippen LogP contribution >= 0.6 is 17.2 Å². The van der Waals surface area contributed by atoms with Crippen LogP contribution in [0.3, 0.4) is 0 Å². The monoisotopic (exact) mass is 828 g/mol. The maximum absolute atomic E-state index is 7.08. The van der Waals surface area contributed by atoms with Crippen LogP contribution in [0.4, 0.5) is 0 Å². The second kappa shape index (κ2) is 18.1. The maximum Gasteiger partial charge on any atom is 0.334 e. The summed E-state index contributed by atoms with van der Waals surface area (Å²) in [6.07, 6.45) is -6.59. The van der Waals surface area contributed by atoms with E-state index >= 15 is 0 Å². The van der Waals surface area contributed by atoms with Gasteiger partial charge in [-0.15, -0.1) is 0 Å². The third-order valence-corrected chi connectivity index (χ3v) is 13.1. The Morgan fingerprint density at radius 3 is 1.20 bits per heavy atom. The highest BCUT2D eigenvalue weighted by atomic mass is 31.2. The van der Waals surface area contributed by atoms with Gasteiger partial charge in [0.05, 0.1) is 6.61 Å². The summed E-state index contributed by atoms with van der Waals surface area (Å²) in [6, 6.07) is 59.5. The molecule has 0 bridgehead atoms. The Hall–Kier alpha value is -4.38. The summed E-state index contributed by atoms with van der Waals surface area (Å²) < 4.78 is 67.6. The molecule has 4 aliphatic heterocycles. The Kier molecular flexibility index (Phi) is 11.9. The zero-order valence-electron chi connectivity index (χ0n) is 31.8. The molecule has 10 rings (SSSR count). The summed E-state index contributed by atoms with van der Waals surface area (Å²) in [5, 5.41) is 0. The molecular formula is C47H42O10P2. The topological polar surface area (TPSA) is 92.3 Å². The summed E-state index contributed by atoms with van der Waals surface area (Å²) in [7, 11) is -4.00. The van der Waals surface area contributed by atoms with Gasteiger partial charge in [0.15, 0.2) is 12.4 Å². The van der Waals surface area contributed by atoms with Crippen molar-refractivity contribution in [3.63, 3.8) is 0 Å². The smallest absolute Gasteiger partial charge is 0.334 e. The first-order valence-electron chi connectivity index (χ1n) is 19.7. The van der Waals surface area contributed by atoms with Gasteiger partial charge in [0, 0.05) is 5.56 Å². The van der Waals surface area contributed by atoms with Gasteiger partial charge in [0.1, 0.15) is 48.5 Å². The van der Waals surface area contributed by atoms with Crippen molar-refractivity contribution in [3.05, 3.63) is 210 Å². The van der Waals surface area contributed by atoms with Crippen molar-refractivity contribution < 1.29 is 46.1 Å². The lowest BCUT2D eigenvalue weighted by atomic mass is 9.98. The quantitative estimate of drug-likeness (QED) is 0.118. The molecule has 12 heteroatoms. The molecule has 0 aliphatic carbocycles. The Morgan fingerprint density at radius 1 is 0.407 bits per heavy atom. The molecule has 6 aromatic carbocycles. The first kappa shape index (κ1) is 38.8. The van der Waals surface area contributed by atoms with Gasteiger partial charge in [0.25, 0.3) is 0 Å². The van der Waals surface area contributed by atoms with Crippen molar-refractivity contribution in [1.29, 1.82) is 0 Å². The molecule has 6 aromatic rings. The third-order valence-electron chi connectivity index (χ3n) is 10.6. The number of benzene rings is 6. The molecular weight excluding hydrogens is 786 g/mol. The van der Waals surface area contributed by atoms with Gasteiger partial charge in [-0.05, 0) is 34.4 Å². The summed E-state index contributed by atoms with van der Waals surface area (Å²) >= 11 is 0. The molecule has 12 atom stereocenters. The van der Waals surface area contributed by atoms with Gasteiger partial charge in [-0.25, -0.2) is 0 Å². The normalized spacial score (nSPS) is 31.7. The van der Waals surface area contributed by atoms with Crippen LogP contribution in [0, 0.1) is 0 Å². The summed E-state index contributed by atoms with van der Waals surface area (Å²) in [5.41, 5.74) is 4.74. The molecule has 59 heavy (non-hydrogen) atoms. The van der Waals surface area contributed by atoms with Crippen LogP contribution < -0.4 is 4.74 Å². The highest BCUT2D eigenvalue weighted by Gasteiger charge is 2.57. The Labute approximate surface area is 345 Å². The van der Waals surface area contributed by atoms with Gasteiger partial charge in [-0.1, -0.05) is 170 Å². The largest absolute Gasteiger partial charge is 0.462 e. The number of hydrogen-bond donors (Lipinski definition) is 0. The standard InChI is InChI=1S/C47H42O10P2/c1-7-19-32(20-8-1)39-40(33-21-9-2-10-22-33)53-58(52-39)56-44-43-38(31-48-46(51-43)36-27-15-5-16-28-36)50-47(49-37-29-17-6-18-30-37)45(44)57-59-54-41(34-23-11-3-12-24-34)42(55-59)35-25-13-4-14-26-35/h1-30,38-47H,31H2/t38-,39-,40+,41-,42+,43-,44+,45-,46?,47-,58?,59?/m1/s1. The van der Waals surface area contributed by atoms with E-state index in [0.717, 1.165) is 27.8 Å².